The fraction of sp³-hybridized carbons (Fsp3) is 0.350. The van der Waals surface area contributed by atoms with Crippen LogP contribution in [0.15, 0.2) is 40.1 Å². The van der Waals surface area contributed by atoms with E-state index in [4.69, 9.17) is 4.42 Å². The van der Waals surface area contributed by atoms with Gasteiger partial charge in [0.15, 0.2) is 0 Å². The molecule has 0 aromatic carbocycles. The summed E-state index contributed by atoms with van der Waals surface area (Å²) in [5.74, 6) is 0.835. The molecule has 0 radical (unpaired) electrons. The standard InChI is InChI=1S/C20H22N2O5S/c1-26-19(24)9-7-16-5-4-15(27-16)6-8-18(23)21-10-12-22(13-11-21)20(25)17-3-2-14-28-17/h2-6,8,14H,7,9-13H2,1H3/b8-6+. The minimum absolute atomic E-state index is 0.0210. The number of methoxy groups -OCH3 is 1. The molecule has 0 spiro atoms. The van der Waals surface area contributed by atoms with Crippen LogP contribution >= 0.6 is 11.3 Å². The molecule has 0 bridgehead atoms. The highest BCUT2D eigenvalue weighted by Crippen LogP contribution is 2.15. The number of piperazine rings is 1. The molecule has 8 heteroatoms. The summed E-state index contributed by atoms with van der Waals surface area (Å²) in [6, 6.07) is 7.21. The normalized spacial score (nSPS) is 14.5. The Kier molecular flexibility index (Phi) is 6.65. The maximum atomic E-state index is 12.4. The smallest absolute Gasteiger partial charge is 0.305 e. The van der Waals surface area contributed by atoms with Crippen molar-refractivity contribution in [3.05, 3.63) is 52.1 Å². The Bertz CT molecular complexity index is 848. The fourth-order valence-electron chi connectivity index (χ4n) is 2.89. The SMILES string of the molecule is COC(=O)CCc1ccc(/C=C/C(=O)N2CCN(C(=O)c3cccs3)CC2)o1. The van der Waals surface area contributed by atoms with E-state index < -0.39 is 0 Å². The number of rotatable bonds is 6. The number of nitrogens with zero attached hydrogens (tertiary/aromatic N) is 2. The van der Waals surface area contributed by atoms with E-state index in [0.29, 0.717) is 44.1 Å². The first-order chi connectivity index (χ1) is 13.6. The largest absolute Gasteiger partial charge is 0.469 e. The van der Waals surface area contributed by atoms with E-state index in [1.807, 2.05) is 17.5 Å². The molecule has 0 atom stereocenters. The highest BCUT2D eigenvalue weighted by Gasteiger charge is 2.24. The van der Waals surface area contributed by atoms with Crippen LogP contribution < -0.4 is 0 Å². The van der Waals surface area contributed by atoms with Crippen molar-refractivity contribution in [2.45, 2.75) is 12.8 Å². The van der Waals surface area contributed by atoms with Crippen LogP contribution in [0, 0.1) is 0 Å². The van der Waals surface area contributed by atoms with Gasteiger partial charge in [0, 0.05) is 38.7 Å². The number of esters is 1. The summed E-state index contributed by atoms with van der Waals surface area (Å²) in [5.41, 5.74) is 0. The Balaban J connectivity index is 1.47. The third kappa shape index (κ3) is 5.10. The summed E-state index contributed by atoms with van der Waals surface area (Å²) in [5, 5.41) is 1.88. The van der Waals surface area contributed by atoms with Gasteiger partial charge in [-0.3, -0.25) is 14.4 Å². The molecule has 28 heavy (non-hydrogen) atoms. The van der Waals surface area contributed by atoms with Gasteiger partial charge in [-0.25, -0.2) is 0 Å². The summed E-state index contributed by atoms with van der Waals surface area (Å²) in [6.45, 7) is 2.05. The molecule has 2 aromatic heterocycles. The van der Waals surface area contributed by atoms with Crippen LogP contribution in [-0.2, 0) is 20.7 Å². The monoisotopic (exact) mass is 402 g/mol. The average molecular weight is 402 g/mol. The Morgan fingerprint density at radius 1 is 1.14 bits per heavy atom. The lowest BCUT2D eigenvalue weighted by Gasteiger charge is -2.34. The van der Waals surface area contributed by atoms with E-state index in [1.54, 1.807) is 28.0 Å². The van der Waals surface area contributed by atoms with Crippen molar-refractivity contribution in [3.63, 3.8) is 0 Å². The van der Waals surface area contributed by atoms with Crippen molar-refractivity contribution in [3.8, 4) is 0 Å². The minimum atomic E-state index is -0.291. The summed E-state index contributed by atoms with van der Waals surface area (Å²) >= 11 is 1.43. The molecule has 0 aliphatic carbocycles. The van der Waals surface area contributed by atoms with E-state index in [9.17, 15) is 14.4 Å². The number of thiophene rings is 1. The zero-order valence-corrected chi connectivity index (χ0v) is 16.4. The molecule has 0 unspecified atom stereocenters. The Morgan fingerprint density at radius 2 is 1.89 bits per heavy atom. The molecular formula is C20H22N2O5S. The summed E-state index contributed by atoms with van der Waals surface area (Å²) in [7, 11) is 1.35. The second kappa shape index (κ2) is 9.36. The number of hydrogen-bond acceptors (Lipinski definition) is 6. The first-order valence-corrected chi connectivity index (χ1v) is 9.90. The molecule has 1 aliphatic rings. The van der Waals surface area contributed by atoms with E-state index in [-0.39, 0.29) is 24.2 Å². The lowest BCUT2D eigenvalue weighted by atomic mass is 10.2. The molecule has 1 fully saturated rings. The van der Waals surface area contributed by atoms with Gasteiger partial charge in [-0.1, -0.05) is 6.07 Å². The maximum absolute atomic E-state index is 12.4. The maximum Gasteiger partial charge on any atom is 0.305 e. The van der Waals surface area contributed by atoms with E-state index in [2.05, 4.69) is 4.74 Å². The summed E-state index contributed by atoms with van der Waals surface area (Å²) in [6.07, 6.45) is 3.79. The van der Waals surface area contributed by atoms with Crippen LogP contribution in [0.4, 0.5) is 0 Å². The first-order valence-electron chi connectivity index (χ1n) is 9.02. The van der Waals surface area contributed by atoms with E-state index in [0.717, 1.165) is 4.88 Å². The second-order valence-electron chi connectivity index (χ2n) is 6.31. The molecular weight excluding hydrogens is 380 g/mol. The molecule has 1 saturated heterocycles. The number of ether oxygens (including phenoxy) is 1. The van der Waals surface area contributed by atoms with Crippen molar-refractivity contribution in [2.75, 3.05) is 33.3 Å². The van der Waals surface area contributed by atoms with Crippen LogP contribution in [0.1, 0.15) is 27.6 Å². The fourth-order valence-corrected chi connectivity index (χ4v) is 3.58. The van der Waals surface area contributed by atoms with Crippen molar-refractivity contribution in [2.24, 2.45) is 0 Å². The van der Waals surface area contributed by atoms with Gasteiger partial charge in [0.25, 0.3) is 5.91 Å². The van der Waals surface area contributed by atoms with Gasteiger partial charge in [-0.15, -0.1) is 11.3 Å². The molecule has 2 amide bonds. The van der Waals surface area contributed by atoms with Crippen molar-refractivity contribution < 1.29 is 23.5 Å². The molecule has 3 rings (SSSR count). The Hall–Kier alpha value is -2.87. The number of carbonyl (C=O) groups is 3. The van der Waals surface area contributed by atoms with Crippen molar-refractivity contribution >= 4 is 35.2 Å². The minimum Gasteiger partial charge on any atom is -0.469 e. The van der Waals surface area contributed by atoms with E-state index >= 15 is 0 Å². The lowest BCUT2D eigenvalue weighted by Crippen LogP contribution is -2.50. The zero-order chi connectivity index (χ0) is 19.9. The highest BCUT2D eigenvalue weighted by molar-refractivity contribution is 7.12. The third-order valence-electron chi connectivity index (χ3n) is 4.49. The molecule has 148 valence electrons. The zero-order valence-electron chi connectivity index (χ0n) is 15.6. The number of furan rings is 1. The Labute approximate surface area is 167 Å². The second-order valence-corrected chi connectivity index (χ2v) is 7.26. The number of aryl methyl sites for hydroxylation is 1. The highest BCUT2D eigenvalue weighted by atomic mass is 32.1. The van der Waals surface area contributed by atoms with Crippen LogP contribution in [0.25, 0.3) is 6.08 Å². The van der Waals surface area contributed by atoms with Gasteiger partial charge in [0.05, 0.1) is 18.4 Å². The van der Waals surface area contributed by atoms with Gasteiger partial charge in [0.1, 0.15) is 11.5 Å². The molecule has 0 N–H and O–H groups in total. The van der Waals surface area contributed by atoms with Gasteiger partial charge >= 0.3 is 5.97 Å². The van der Waals surface area contributed by atoms with Crippen molar-refractivity contribution in [1.29, 1.82) is 0 Å². The first kappa shape index (κ1) is 19.9. The van der Waals surface area contributed by atoms with Gasteiger partial charge in [-0.05, 0) is 29.7 Å². The summed E-state index contributed by atoms with van der Waals surface area (Å²) < 4.78 is 10.2. The predicted octanol–water partition coefficient (Wildman–Crippen LogP) is 2.44. The number of hydrogen-bond donors (Lipinski definition) is 0. The van der Waals surface area contributed by atoms with Gasteiger partial charge < -0.3 is 19.0 Å². The van der Waals surface area contributed by atoms with E-state index in [1.165, 1.54) is 24.5 Å². The van der Waals surface area contributed by atoms with Crippen molar-refractivity contribution in [1.82, 2.24) is 9.80 Å². The lowest BCUT2D eigenvalue weighted by molar-refractivity contribution is -0.140. The quantitative estimate of drug-likeness (QED) is 0.548. The molecule has 0 saturated carbocycles. The molecule has 1 aliphatic heterocycles. The molecule has 7 nitrogen and oxygen atoms in total. The number of amides is 2. The van der Waals surface area contributed by atoms with Crippen LogP contribution in [-0.4, -0.2) is 60.9 Å². The predicted molar refractivity (Wildman–Crippen MR) is 105 cm³/mol. The number of carbonyl (C=O) groups excluding carboxylic acids is 3. The van der Waals surface area contributed by atoms with Crippen LogP contribution in [0.2, 0.25) is 0 Å². The molecule has 2 aromatic rings. The van der Waals surface area contributed by atoms with Gasteiger partial charge in [-0.2, -0.15) is 0 Å². The van der Waals surface area contributed by atoms with Crippen LogP contribution in [0.3, 0.4) is 0 Å². The third-order valence-corrected chi connectivity index (χ3v) is 5.34. The average Bonchev–Trinajstić information content (AvgIpc) is 3.42. The van der Waals surface area contributed by atoms with Gasteiger partial charge in [0.2, 0.25) is 5.91 Å². The topological polar surface area (TPSA) is 80.1 Å². The molecule has 3 heterocycles. The van der Waals surface area contributed by atoms with Crippen LogP contribution in [0.5, 0.6) is 0 Å². The summed E-state index contributed by atoms with van der Waals surface area (Å²) in [4.78, 5) is 40.1. The Morgan fingerprint density at radius 3 is 2.57 bits per heavy atom.